The Labute approximate surface area is 153 Å². The molecule has 1 unspecified atom stereocenters. The van der Waals surface area contributed by atoms with Crippen molar-refractivity contribution in [2.75, 3.05) is 11.9 Å². The smallest absolute Gasteiger partial charge is 0.245 e. The van der Waals surface area contributed by atoms with Crippen molar-refractivity contribution in [2.24, 2.45) is 0 Å². The van der Waals surface area contributed by atoms with Gasteiger partial charge in [0.15, 0.2) is 5.13 Å². The summed E-state index contributed by atoms with van der Waals surface area (Å²) in [7, 11) is 0. The van der Waals surface area contributed by atoms with Crippen LogP contribution in [-0.4, -0.2) is 33.8 Å². The maximum atomic E-state index is 13.2. The summed E-state index contributed by atoms with van der Waals surface area (Å²) in [5.41, 5.74) is 0.518. The van der Waals surface area contributed by atoms with Gasteiger partial charge in [0.2, 0.25) is 11.8 Å². The number of nitrogens with one attached hydrogen (secondary N) is 1. The zero-order chi connectivity index (χ0) is 18.4. The number of aromatic nitrogens is 1. The SMILES string of the molecule is CCC(C(=O)N(CC(=O)Nc1nccs1)C(C)(C)C)c1ccccc1. The molecule has 1 heterocycles. The summed E-state index contributed by atoms with van der Waals surface area (Å²) in [5.74, 6) is -0.523. The van der Waals surface area contributed by atoms with E-state index >= 15 is 0 Å². The molecule has 6 heteroatoms. The van der Waals surface area contributed by atoms with E-state index < -0.39 is 5.54 Å². The quantitative estimate of drug-likeness (QED) is 0.851. The molecule has 0 aliphatic rings. The first kappa shape index (κ1) is 19.1. The Morgan fingerprint density at radius 2 is 1.92 bits per heavy atom. The first-order valence-electron chi connectivity index (χ1n) is 8.38. The molecular formula is C19H25N3O2S. The Morgan fingerprint density at radius 1 is 1.24 bits per heavy atom. The van der Waals surface area contributed by atoms with Crippen LogP contribution in [0.1, 0.15) is 45.6 Å². The van der Waals surface area contributed by atoms with Gasteiger partial charge >= 0.3 is 0 Å². The molecule has 0 aliphatic heterocycles. The Balaban J connectivity index is 2.18. The van der Waals surface area contributed by atoms with E-state index in [1.54, 1.807) is 16.5 Å². The molecule has 2 aromatic rings. The highest BCUT2D eigenvalue weighted by Gasteiger charge is 2.33. The van der Waals surface area contributed by atoms with E-state index in [-0.39, 0.29) is 24.3 Å². The lowest BCUT2D eigenvalue weighted by Gasteiger charge is -2.37. The molecule has 0 bridgehead atoms. The molecular weight excluding hydrogens is 334 g/mol. The fraction of sp³-hybridized carbons (Fsp3) is 0.421. The number of carbonyl (C=O) groups excluding carboxylic acids is 2. The minimum Gasteiger partial charge on any atom is -0.328 e. The summed E-state index contributed by atoms with van der Waals surface area (Å²) in [6.45, 7) is 7.83. The number of hydrogen-bond acceptors (Lipinski definition) is 4. The molecule has 0 aliphatic carbocycles. The van der Waals surface area contributed by atoms with Crippen LogP contribution in [0.5, 0.6) is 0 Å². The van der Waals surface area contributed by atoms with Crippen molar-refractivity contribution in [3.05, 3.63) is 47.5 Å². The van der Waals surface area contributed by atoms with Crippen molar-refractivity contribution in [2.45, 2.75) is 45.6 Å². The minimum absolute atomic E-state index is 0.00521. The molecule has 1 N–H and O–H groups in total. The lowest BCUT2D eigenvalue weighted by molar-refractivity contribution is -0.141. The fourth-order valence-electron chi connectivity index (χ4n) is 2.66. The number of anilines is 1. The molecule has 0 saturated heterocycles. The summed E-state index contributed by atoms with van der Waals surface area (Å²) in [4.78, 5) is 31.3. The molecule has 25 heavy (non-hydrogen) atoms. The Kier molecular flexibility index (Phi) is 6.31. The highest BCUT2D eigenvalue weighted by atomic mass is 32.1. The van der Waals surface area contributed by atoms with Crippen LogP contribution in [-0.2, 0) is 9.59 Å². The third-order valence-electron chi connectivity index (χ3n) is 3.96. The molecule has 1 atom stereocenters. The number of hydrogen-bond donors (Lipinski definition) is 1. The highest BCUT2D eigenvalue weighted by Crippen LogP contribution is 2.26. The van der Waals surface area contributed by atoms with Crippen LogP contribution >= 0.6 is 11.3 Å². The first-order chi connectivity index (χ1) is 11.8. The molecule has 2 rings (SSSR count). The molecule has 1 aromatic heterocycles. The van der Waals surface area contributed by atoms with Crippen molar-refractivity contribution < 1.29 is 9.59 Å². The predicted molar refractivity (Wildman–Crippen MR) is 102 cm³/mol. The van der Waals surface area contributed by atoms with E-state index in [0.717, 1.165) is 5.56 Å². The monoisotopic (exact) mass is 359 g/mol. The van der Waals surface area contributed by atoms with E-state index in [4.69, 9.17) is 0 Å². The van der Waals surface area contributed by atoms with Crippen LogP contribution in [0.4, 0.5) is 5.13 Å². The van der Waals surface area contributed by atoms with Crippen LogP contribution in [0, 0.1) is 0 Å². The number of nitrogens with zero attached hydrogens (tertiary/aromatic N) is 2. The Bertz CT molecular complexity index is 693. The summed E-state index contributed by atoms with van der Waals surface area (Å²) in [5, 5.41) is 5.09. The van der Waals surface area contributed by atoms with E-state index in [1.165, 1.54) is 11.3 Å². The largest absolute Gasteiger partial charge is 0.328 e. The summed E-state index contributed by atoms with van der Waals surface area (Å²) in [6, 6.07) is 9.72. The van der Waals surface area contributed by atoms with Crippen molar-refractivity contribution in [1.82, 2.24) is 9.88 Å². The minimum atomic E-state index is -0.459. The number of amides is 2. The van der Waals surface area contributed by atoms with Gasteiger partial charge < -0.3 is 10.2 Å². The third-order valence-corrected chi connectivity index (χ3v) is 4.65. The molecule has 2 amide bonds. The van der Waals surface area contributed by atoms with Gasteiger partial charge in [0.1, 0.15) is 6.54 Å². The molecule has 0 saturated carbocycles. The molecule has 0 radical (unpaired) electrons. The van der Waals surface area contributed by atoms with Gasteiger partial charge in [-0.05, 0) is 32.8 Å². The first-order valence-corrected chi connectivity index (χ1v) is 9.26. The lowest BCUT2D eigenvalue weighted by atomic mass is 9.92. The van der Waals surface area contributed by atoms with Crippen molar-refractivity contribution >= 4 is 28.3 Å². The second-order valence-electron chi connectivity index (χ2n) is 6.85. The summed E-state index contributed by atoms with van der Waals surface area (Å²) in [6.07, 6.45) is 2.32. The highest BCUT2D eigenvalue weighted by molar-refractivity contribution is 7.13. The van der Waals surface area contributed by atoms with Gasteiger partial charge in [-0.2, -0.15) is 0 Å². The van der Waals surface area contributed by atoms with Gasteiger partial charge in [-0.1, -0.05) is 37.3 Å². The van der Waals surface area contributed by atoms with Crippen LogP contribution in [0.25, 0.3) is 0 Å². The van der Waals surface area contributed by atoms with E-state index in [1.807, 2.05) is 58.0 Å². The molecule has 0 spiro atoms. The molecule has 1 aromatic carbocycles. The van der Waals surface area contributed by atoms with E-state index in [0.29, 0.717) is 11.6 Å². The van der Waals surface area contributed by atoms with Gasteiger partial charge in [0.05, 0.1) is 5.92 Å². The van der Waals surface area contributed by atoms with Crippen LogP contribution in [0.3, 0.4) is 0 Å². The summed E-state index contributed by atoms with van der Waals surface area (Å²) >= 11 is 1.36. The van der Waals surface area contributed by atoms with Gasteiger partial charge in [0.25, 0.3) is 0 Å². The molecule has 5 nitrogen and oxygen atoms in total. The Hall–Kier alpha value is -2.21. The second-order valence-corrected chi connectivity index (χ2v) is 7.75. The van der Waals surface area contributed by atoms with Gasteiger partial charge in [-0.3, -0.25) is 9.59 Å². The van der Waals surface area contributed by atoms with Crippen molar-refractivity contribution in [3.63, 3.8) is 0 Å². The molecule has 0 fully saturated rings. The van der Waals surface area contributed by atoms with Gasteiger partial charge in [-0.15, -0.1) is 11.3 Å². The maximum Gasteiger partial charge on any atom is 0.245 e. The summed E-state index contributed by atoms with van der Waals surface area (Å²) < 4.78 is 0. The van der Waals surface area contributed by atoms with Gasteiger partial charge in [-0.25, -0.2) is 4.98 Å². The van der Waals surface area contributed by atoms with E-state index in [2.05, 4.69) is 10.3 Å². The van der Waals surface area contributed by atoms with Gasteiger partial charge in [0, 0.05) is 17.1 Å². The maximum absolute atomic E-state index is 13.2. The van der Waals surface area contributed by atoms with Crippen LogP contribution < -0.4 is 5.32 Å². The third kappa shape index (κ3) is 5.13. The zero-order valence-electron chi connectivity index (χ0n) is 15.2. The normalized spacial score (nSPS) is 12.5. The average molecular weight is 359 g/mol. The zero-order valence-corrected chi connectivity index (χ0v) is 16.0. The van der Waals surface area contributed by atoms with Crippen molar-refractivity contribution in [3.8, 4) is 0 Å². The van der Waals surface area contributed by atoms with Crippen LogP contribution in [0.2, 0.25) is 0 Å². The number of benzene rings is 1. The topological polar surface area (TPSA) is 62.3 Å². The lowest BCUT2D eigenvalue weighted by Crippen LogP contribution is -2.51. The number of thiazole rings is 1. The molecule has 134 valence electrons. The second kappa shape index (κ2) is 8.25. The standard InChI is InChI=1S/C19H25N3O2S/c1-5-15(14-9-7-6-8-10-14)17(24)22(19(2,3)4)13-16(23)21-18-20-11-12-25-18/h6-12,15H,5,13H2,1-4H3,(H,20,21,23). The fourth-order valence-corrected chi connectivity index (χ4v) is 3.20. The van der Waals surface area contributed by atoms with Crippen LogP contribution in [0.15, 0.2) is 41.9 Å². The van der Waals surface area contributed by atoms with E-state index in [9.17, 15) is 9.59 Å². The average Bonchev–Trinajstić information content (AvgIpc) is 3.06. The predicted octanol–water partition coefficient (Wildman–Crippen LogP) is 3.90. The Morgan fingerprint density at radius 3 is 2.44 bits per heavy atom. The number of rotatable bonds is 6. The number of carbonyl (C=O) groups is 2. The van der Waals surface area contributed by atoms with Crippen molar-refractivity contribution in [1.29, 1.82) is 0 Å².